The molecule has 7 nitrogen and oxygen atoms in total. The molecule has 1 fully saturated rings. The van der Waals surface area contributed by atoms with Crippen molar-refractivity contribution in [3.8, 4) is 5.75 Å². The van der Waals surface area contributed by atoms with Crippen molar-refractivity contribution in [1.29, 1.82) is 0 Å². The largest absolute Gasteiger partial charge is 0.493 e. The van der Waals surface area contributed by atoms with E-state index >= 15 is 0 Å². The van der Waals surface area contributed by atoms with Crippen molar-refractivity contribution in [3.63, 3.8) is 0 Å². The Balaban J connectivity index is 0.00000306. The number of nitrogens with one attached hydrogen (secondary N) is 2. The molecule has 4 rings (SSSR count). The van der Waals surface area contributed by atoms with Gasteiger partial charge in [-0.1, -0.05) is 24.3 Å². The number of para-hydroxylation sites is 2. The standard InChI is InChI=1S/C25H33N5O2.HI/c1-18-8-9-21(24(14-18)32-17-20-10-13-31-16-20)15-28-25(26-3)27-11-12-30-19(2)29-22-6-4-5-7-23(22)30;/h4-9,14,20H,10-13,15-17H2,1-3H3,(H2,26,27,28);1H. The second-order valence-corrected chi connectivity index (χ2v) is 8.30. The van der Waals surface area contributed by atoms with Gasteiger partial charge in [-0.25, -0.2) is 4.98 Å². The van der Waals surface area contributed by atoms with Gasteiger partial charge in [0.15, 0.2) is 5.96 Å². The van der Waals surface area contributed by atoms with Crippen LogP contribution in [0.3, 0.4) is 0 Å². The van der Waals surface area contributed by atoms with Crippen LogP contribution in [0.1, 0.15) is 23.4 Å². The van der Waals surface area contributed by atoms with Gasteiger partial charge in [0.2, 0.25) is 0 Å². The van der Waals surface area contributed by atoms with Crippen LogP contribution >= 0.6 is 24.0 Å². The molecule has 2 heterocycles. The molecule has 1 aliphatic rings. The van der Waals surface area contributed by atoms with Crippen LogP contribution in [0.5, 0.6) is 5.75 Å². The Morgan fingerprint density at radius 2 is 2.06 bits per heavy atom. The van der Waals surface area contributed by atoms with E-state index in [2.05, 4.69) is 62.4 Å². The van der Waals surface area contributed by atoms with Crippen molar-refractivity contribution in [3.05, 3.63) is 59.4 Å². The number of fused-ring (bicyclic) bond motifs is 1. The number of hydrogen-bond acceptors (Lipinski definition) is 4. The van der Waals surface area contributed by atoms with Gasteiger partial charge in [-0.3, -0.25) is 4.99 Å². The molecule has 1 saturated heterocycles. The Hall–Kier alpha value is -2.33. The van der Waals surface area contributed by atoms with Crippen LogP contribution in [-0.4, -0.2) is 48.9 Å². The molecule has 0 amide bonds. The zero-order valence-electron chi connectivity index (χ0n) is 19.6. The van der Waals surface area contributed by atoms with Crippen molar-refractivity contribution in [2.75, 3.05) is 33.4 Å². The molecule has 1 aliphatic heterocycles. The molecule has 2 aromatic carbocycles. The van der Waals surface area contributed by atoms with Crippen molar-refractivity contribution >= 4 is 41.0 Å². The van der Waals surface area contributed by atoms with E-state index in [0.717, 1.165) is 66.9 Å². The summed E-state index contributed by atoms with van der Waals surface area (Å²) in [5, 5.41) is 6.83. The van der Waals surface area contributed by atoms with Crippen molar-refractivity contribution in [2.45, 2.75) is 33.4 Å². The average molecular weight is 563 g/mol. The normalized spacial score (nSPS) is 16.0. The molecule has 178 valence electrons. The van der Waals surface area contributed by atoms with Crippen molar-refractivity contribution < 1.29 is 9.47 Å². The maximum Gasteiger partial charge on any atom is 0.191 e. The summed E-state index contributed by atoms with van der Waals surface area (Å²) in [5.41, 5.74) is 4.50. The number of ether oxygens (including phenoxy) is 2. The minimum atomic E-state index is 0. The lowest BCUT2D eigenvalue weighted by Crippen LogP contribution is -2.38. The fraction of sp³-hybridized carbons (Fsp3) is 0.440. The van der Waals surface area contributed by atoms with E-state index in [1.807, 2.05) is 19.1 Å². The maximum absolute atomic E-state index is 6.16. The van der Waals surface area contributed by atoms with Gasteiger partial charge in [0, 0.05) is 44.8 Å². The summed E-state index contributed by atoms with van der Waals surface area (Å²) in [6.45, 7) is 8.67. The lowest BCUT2D eigenvalue weighted by atomic mass is 10.1. The molecule has 0 spiro atoms. The Labute approximate surface area is 213 Å². The monoisotopic (exact) mass is 563 g/mol. The van der Waals surface area contributed by atoms with Crippen LogP contribution in [0.4, 0.5) is 0 Å². The highest BCUT2D eigenvalue weighted by atomic mass is 127. The lowest BCUT2D eigenvalue weighted by molar-refractivity contribution is 0.166. The van der Waals surface area contributed by atoms with E-state index in [4.69, 9.17) is 9.47 Å². The summed E-state index contributed by atoms with van der Waals surface area (Å²) >= 11 is 0. The average Bonchev–Trinajstić information content (AvgIpc) is 3.43. The molecule has 0 aliphatic carbocycles. The van der Waals surface area contributed by atoms with E-state index in [1.54, 1.807) is 7.05 Å². The van der Waals surface area contributed by atoms with E-state index < -0.39 is 0 Å². The first-order chi connectivity index (χ1) is 15.6. The molecule has 1 unspecified atom stereocenters. The van der Waals surface area contributed by atoms with Crippen LogP contribution in [0, 0.1) is 19.8 Å². The highest BCUT2D eigenvalue weighted by molar-refractivity contribution is 14.0. The van der Waals surface area contributed by atoms with Gasteiger partial charge in [0.05, 0.1) is 24.2 Å². The summed E-state index contributed by atoms with van der Waals surface area (Å²) in [7, 11) is 1.79. The molecular weight excluding hydrogens is 529 g/mol. The molecule has 0 bridgehead atoms. The van der Waals surface area contributed by atoms with Gasteiger partial charge in [0.1, 0.15) is 11.6 Å². The zero-order chi connectivity index (χ0) is 22.3. The molecule has 2 N–H and O–H groups in total. The summed E-state index contributed by atoms with van der Waals surface area (Å²) < 4.78 is 13.9. The van der Waals surface area contributed by atoms with Crippen LogP contribution in [0.15, 0.2) is 47.5 Å². The summed E-state index contributed by atoms with van der Waals surface area (Å²) in [4.78, 5) is 9.01. The second kappa shape index (κ2) is 12.2. The van der Waals surface area contributed by atoms with E-state index in [0.29, 0.717) is 19.1 Å². The molecule has 33 heavy (non-hydrogen) atoms. The number of guanidine groups is 1. The Morgan fingerprint density at radius 1 is 1.21 bits per heavy atom. The molecule has 3 aromatic rings. The quantitative estimate of drug-likeness (QED) is 0.246. The molecule has 1 aromatic heterocycles. The van der Waals surface area contributed by atoms with Gasteiger partial charge in [0.25, 0.3) is 0 Å². The van der Waals surface area contributed by atoms with Crippen molar-refractivity contribution in [2.24, 2.45) is 10.9 Å². The van der Waals surface area contributed by atoms with E-state index in [-0.39, 0.29) is 24.0 Å². The Morgan fingerprint density at radius 3 is 2.85 bits per heavy atom. The van der Waals surface area contributed by atoms with Gasteiger partial charge >= 0.3 is 0 Å². The number of benzene rings is 2. The van der Waals surface area contributed by atoms with E-state index in [1.165, 1.54) is 5.56 Å². The first kappa shape index (κ1) is 25.3. The van der Waals surface area contributed by atoms with Gasteiger partial charge < -0.3 is 24.7 Å². The SMILES string of the molecule is CN=C(NCCn1c(C)nc2ccccc21)NCc1ccc(C)cc1OCC1CCOC1.I. The van der Waals surface area contributed by atoms with Crippen LogP contribution in [0.25, 0.3) is 11.0 Å². The minimum absolute atomic E-state index is 0. The van der Waals surface area contributed by atoms with Crippen molar-refractivity contribution in [1.82, 2.24) is 20.2 Å². The number of aromatic nitrogens is 2. The number of rotatable bonds is 8. The minimum Gasteiger partial charge on any atom is -0.493 e. The Kier molecular flexibility index (Phi) is 9.37. The number of imidazole rings is 1. The zero-order valence-corrected chi connectivity index (χ0v) is 22.0. The van der Waals surface area contributed by atoms with E-state index in [9.17, 15) is 0 Å². The molecule has 8 heteroatoms. The third-order valence-electron chi connectivity index (χ3n) is 5.86. The number of nitrogens with zero attached hydrogens (tertiary/aromatic N) is 3. The van der Waals surface area contributed by atoms with Gasteiger partial charge in [-0.15, -0.1) is 24.0 Å². The number of aryl methyl sites for hydroxylation is 2. The first-order valence-corrected chi connectivity index (χ1v) is 11.3. The topological polar surface area (TPSA) is 72.7 Å². The summed E-state index contributed by atoms with van der Waals surface area (Å²) in [6, 6.07) is 14.6. The number of aliphatic imine (C=N–C) groups is 1. The Bertz CT molecular complexity index is 1080. The predicted molar refractivity (Wildman–Crippen MR) is 144 cm³/mol. The second-order valence-electron chi connectivity index (χ2n) is 8.30. The van der Waals surface area contributed by atoms with Crippen LogP contribution in [-0.2, 0) is 17.8 Å². The highest BCUT2D eigenvalue weighted by Crippen LogP contribution is 2.22. The molecule has 0 radical (unpaired) electrons. The smallest absolute Gasteiger partial charge is 0.191 e. The first-order valence-electron chi connectivity index (χ1n) is 11.3. The lowest BCUT2D eigenvalue weighted by Gasteiger charge is -2.17. The number of hydrogen-bond donors (Lipinski definition) is 2. The summed E-state index contributed by atoms with van der Waals surface area (Å²) in [5.74, 6) is 3.20. The molecule has 0 saturated carbocycles. The highest BCUT2D eigenvalue weighted by Gasteiger charge is 2.17. The fourth-order valence-electron chi connectivity index (χ4n) is 4.03. The molecule has 1 atom stereocenters. The summed E-state index contributed by atoms with van der Waals surface area (Å²) in [6.07, 6.45) is 1.07. The predicted octanol–water partition coefficient (Wildman–Crippen LogP) is 4.05. The van der Waals surface area contributed by atoms with Gasteiger partial charge in [-0.05, 0) is 44.0 Å². The third kappa shape index (κ3) is 6.60. The fourth-order valence-corrected chi connectivity index (χ4v) is 4.03. The third-order valence-corrected chi connectivity index (χ3v) is 5.86. The maximum atomic E-state index is 6.16. The van der Waals surface area contributed by atoms with Crippen LogP contribution < -0.4 is 15.4 Å². The number of halogens is 1. The van der Waals surface area contributed by atoms with Gasteiger partial charge in [-0.2, -0.15) is 0 Å². The van der Waals surface area contributed by atoms with Crippen LogP contribution in [0.2, 0.25) is 0 Å². The molecular formula is C25H34IN5O2.